The van der Waals surface area contributed by atoms with Crippen LogP contribution in [0.25, 0.3) is 54.7 Å². The van der Waals surface area contributed by atoms with Crippen molar-refractivity contribution in [1.82, 2.24) is 9.13 Å². The maximum Gasteiger partial charge on any atom is 0.266 e. The van der Waals surface area contributed by atoms with Crippen molar-refractivity contribution >= 4 is 66.8 Å². The van der Waals surface area contributed by atoms with E-state index in [1.807, 2.05) is 70.3 Å². The minimum atomic E-state index is -0.216. The van der Waals surface area contributed by atoms with Gasteiger partial charge >= 0.3 is 0 Å². The number of imidazole rings is 2. The minimum absolute atomic E-state index is 0. The summed E-state index contributed by atoms with van der Waals surface area (Å²) in [6, 6.07) is 48.4. The average molecular weight is 836 g/mol. The van der Waals surface area contributed by atoms with E-state index in [4.69, 9.17) is 9.47 Å². The average Bonchev–Trinajstić information content (AvgIpc) is 3.78. The first kappa shape index (κ1) is 39.9. The molecule has 7 aromatic carbocycles. The first-order valence-electron chi connectivity index (χ1n) is 19.5. The third kappa shape index (κ3) is 7.58. The van der Waals surface area contributed by atoms with Crippen molar-refractivity contribution in [1.29, 1.82) is 0 Å². The Kier molecular flexibility index (Phi) is 11.4. The van der Waals surface area contributed by atoms with E-state index in [1.54, 1.807) is 12.1 Å². The number of anilines is 2. The summed E-state index contributed by atoms with van der Waals surface area (Å²) in [5, 5.41) is 10.4. The number of halogens is 2. The zero-order chi connectivity index (χ0) is 39.0. The second-order valence-corrected chi connectivity index (χ2v) is 14.5. The molecule has 9 aromatic rings. The van der Waals surface area contributed by atoms with Crippen molar-refractivity contribution < 1.29 is 53.0 Å². The van der Waals surface area contributed by atoms with E-state index in [-0.39, 0.29) is 49.7 Å². The predicted molar refractivity (Wildman–Crippen MR) is 226 cm³/mol. The Hall–Kier alpha value is -6.88. The highest BCUT2D eigenvalue weighted by Crippen LogP contribution is 2.45. The van der Waals surface area contributed by atoms with Crippen LogP contribution in [0, 0.1) is 0 Å². The number of ether oxygens (including phenoxy) is 2. The Bertz CT molecular complexity index is 2850. The number of nitrogens with one attached hydrogen (secondary N) is 2. The van der Waals surface area contributed by atoms with Crippen LogP contribution in [0.4, 0.5) is 11.4 Å². The lowest BCUT2D eigenvalue weighted by atomic mass is 9.92. The smallest absolute Gasteiger partial charge is 0.266 e. The van der Waals surface area contributed by atoms with Gasteiger partial charge in [0, 0.05) is 11.1 Å². The van der Waals surface area contributed by atoms with Gasteiger partial charge in [-0.1, -0.05) is 97.1 Å². The Morgan fingerprint density at radius 3 is 1.33 bits per heavy atom. The number of rotatable bonds is 0. The van der Waals surface area contributed by atoms with Crippen LogP contribution in [0.2, 0.25) is 0 Å². The highest BCUT2D eigenvalue weighted by atomic mass is 35.5. The third-order valence-corrected chi connectivity index (χ3v) is 10.9. The highest BCUT2D eigenvalue weighted by Gasteiger charge is 2.23. The van der Waals surface area contributed by atoms with Crippen LogP contribution in [-0.4, -0.2) is 34.2 Å². The summed E-state index contributed by atoms with van der Waals surface area (Å²) in [5.74, 6) is 1.08. The molecule has 2 aromatic heterocycles. The lowest BCUT2D eigenvalue weighted by molar-refractivity contribution is -0.659. The van der Waals surface area contributed by atoms with E-state index in [2.05, 4.69) is 105 Å². The number of hydrogen-bond acceptors (Lipinski definition) is 4. The van der Waals surface area contributed by atoms with Gasteiger partial charge in [-0.2, -0.15) is 0 Å². The van der Waals surface area contributed by atoms with Gasteiger partial charge in [0.25, 0.3) is 11.8 Å². The summed E-state index contributed by atoms with van der Waals surface area (Å²) in [6.45, 7) is 1.99. The maximum atomic E-state index is 13.7. The number of aromatic nitrogens is 4. The number of para-hydroxylation sites is 6. The van der Waals surface area contributed by atoms with Crippen LogP contribution in [-0.2, 0) is 35.8 Å². The number of benzene rings is 7. The molecule has 0 saturated heterocycles. The van der Waals surface area contributed by atoms with E-state index in [9.17, 15) is 9.59 Å². The molecule has 4 bridgehead atoms. The van der Waals surface area contributed by atoms with Gasteiger partial charge in [-0.05, 0) is 70.1 Å². The van der Waals surface area contributed by atoms with E-state index >= 15 is 0 Å². The van der Waals surface area contributed by atoms with Crippen LogP contribution >= 0.6 is 0 Å². The zero-order valence-corrected chi connectivity index (χ0v) is 33.9. The molecule has 0 aliphatic carbocycles. The highest BCUT2D eigenvalue weighted by molar-refractivity contribution is 6.09. The Morgan fingerprint density at radius 2 is 0.867 bits per heavy atom. The standard InChI is InChI=1S/C48H38N6O4.2ClH/c55-45-29-53-31-51(39-17-7-9-19-41(39)53)25-27-57-43-23-21-33-11-1-3-13-35(33)47(43)48-36-14-4-2-12-34(36)22-24-44(48)58-28-26-52-32-54(42-20-10-8-18-40(42)52)30-46(56)50-38-16-6-5-15-37(38)49-45;;/h1-24,31-32H,25-30H2;2*1H. The molecule has 10 rings (SSSR count). The molecule has 12 heteroatoms. The van der Waals surface area contributed by atoms with Gasteiger partial charge in [-0.25, -0.2) is 18.3 Å². The monoisotopic (exact) mass is 834 g/mol. The van der Waals surface area contributed by atoms with Crippen LogP contribution in [0.5, 0.6) is 11.5 Å². The third-order valence-electron chi connectivity index (χ3n) is 10.9. The number of carbonyl (C=O) groups is 2. The normalized spacial score (nSPS) is 13.6. The molecule has 0 saturated carbocycles. The minimum Gasteiger partial charge on any atom is -1.00 e. The van der Waals surface area contributed by atoms with Crippen molar-refractivity contribution in [3.8, 4) is 22.6 Å². The Balaban J connectivity index is 0.00000249. The molecule has 0 spiro atoms. The summed E-state index contributed by atoms with van der Waals surface area (Å²) in [7, 11) is 0. The summed E-state index contributed by atoms with van der Waals surface area (Å²) in [4.78, 5) is 27.3. The second kappa shape index (κ2) is 17.1. The molecule has 0 fully saturated rings. The number of fused-ring (bicyclic) bond motifs is 18. The van der Waals surface area contributed by atoms with Gasteiger partial charge in [0.05, 0.1) is 11.4 Å². The molecule has 2 amide bonds. The van der Waals surface area contributed by atoms with Crippen LogP contribution in [0.1, 0.15) is 0 Å². The van der Waals surface area contributed by atoms with Crippen molar-refractivity contribution in [2.75, 3.05) is 23.8 Å². The summed E-state index contributed by atoms with van der Waals surface area (Å²) in [6.07, 6.45) is 3.93. The van der Waals surface area contributed by atoms with Crippen molar-refractivity contribution in [3.05, 3.63) is 158 Å². The van der Waals surface area contributed by atoms with Gasteiger partial charge in [0.2, 0.25) is 12.7 Å². The SMILES string of the molecule is O=C1C[n+]2cn(c3ccccc32)CCOc2ccc3ccccc3c2-c2c(ccc3ccccc23)OCCn2c[n+](c3ccccc32)CC(=O)Nc2ccccc2N1.[Cl-].[Cl-]. The molecular weight excluding hydrogens is 795 g/mol. The molecule has 1 aliphatic rings. The van der Waals surface area contributed by atoms with E-state index in [0.29, 0.717) is 37.7 Å². The van der Waals surface area contributed by atoms with Gasteiger partial charge in [-0.3, -0.25) is 9.59 Å². The van der Waals surface area contributed by atoms with Gasteiger partial charge in [0.1, 0.15) is 37.8 Å². The molecule has 0 radical (unpaired) electrons. The summed E-state index contributed by atoms with van der Waals surface area (Å²) in [5.41, 5.74) is 6.81. The molecule has 0 atom stereocenters. The van der Waals surface area contributed by atoms with E-state index in [1.165, 1.54) is 0 Å². The number of amides is 2. The Morgan fingerprint density at radius 1 is 0.467 bits per heavy atom. The largest absolute Gasteiger partial charge is 1.00 e. The van der Waals surface area contributed by atoms with Gasteiger partial charge in [0.15, 0.2) is 35.2 Å². The summed E-state index contributed by atoms with van der Waals surface area (Å²) >= 11 is 0. The van der Waals surface area contributed by atoms with Crippen LogP contribution in [0.15, 0.2) is 158 Å². The van der Waals surface area contributed by atoms with Gasteiger partial charge in [-0.15, -0.1) is 0 Å². The zero-order valence-electron chi connectivity index (χ0n) is 32.4. The van der Waals surface area contributed by atoms with Crippen LogP contribution < -0.4 is 54.1 Å². The number of carbonyl (C=O) groups excluding carboxylic acids is 2. The van der Waals surface area contributed by atoms with Crippen LogP contribution in [0.3, 0.4) is 0 Å². The van der Waals surface area contributed by atoms with Gasteiger partial charge < -0.3 is 44.9 Å². The van der Waals surface area contributed by atoms with Crippen molar-refractivity contribution in [2.45, 2.75) is 26.2 Å². The second-order valence-electron chi connectivity index (χ2n) is 14.5. The summed E-state index contributed by atoms with van der Waals surface area (Å²) < 4.78 is 21.7. The topological polar surface area (TPSA) is 94.3 Å². The fraction of sp³-hybridized carbons (Fsp3) is 0.125. The fourth-order valence-corrected chi connectivity index (χ4v) is 8.25. The number of nitrogens with zero attached hydrogens (tertiary/aromatic N) is 4. The molecule has 10 nitrogen and oxygen atoms in total. The van der Waals surface area contributed by atoms with Crippen molar-refractivity contribution in [3.63, 3.8) is 0 Å². The molecule has 3 heterocycles. The molecule has 300 valence electrons. The van der Waals surface area contributed by atoms with E-state index in [0.717, 1.165) is 66.2 Å². The van der Waals surface area contributed by atoms with Crippen molar-refractivity contribution in [2.24, 2.45) is 0 Å². The lowest BCUT2D eigenvalue weighted by Gasteiger charge is -2.19. The maximum absolute atomic E-state index is 13.7. The molecular formula is C48H40Cl2N6O4. The predicted octanol–water partition coefficient (Wildman–Crippen LogP) is 1.90. The quantitative estimate of drug-likeness (QED) is 0.229. The lowest BCUT2D eigenvalue weighted by Crippen LogP contribution is -3.00. The Labute approximate surface area is 358 Å². The first-order chi connectivity index (χ1) is 28.6. The number of hydrogen-bond donors (Lipinski definition) is 2. The first-order valence-corrected chi connectivity index (χ1v) is 19.5. The molecule has 0 unspecified atom stereocenters. The molecule has 2 N–H and O–H groups in total. The molecule has 1 aliphatic heterocycles. The fourth-order valence-electron chi connectivity index (χ4n) is 8.25. The molecule has 60 heavy (non-hydrogen) atoms. The van der Waals surface area contributed by atoms with E-state index < -0.39 is 0 Å².